The third kappa shape index (κ3) is 2.89. The quantitative estimate of drug-likeness (QED) is 0.856. The van der Waals surface area contributed by atoms with Crippen LogP contribution >= 0.6 is 22.9 Å². The summed E-state index contributed by atoms with van der Waals surface area (Å²) in [7, 11) is -3.54. The van der Waals surface area contributed by atoms with Gasteiger partial charge in [0.2, 0.25) is 0 Å². The fraction of sp³-hybridized carbons (Fsp3) is 0.385. The lowest BCUT2D eigenvalue weighted by molar-refractivity contribution is -0.0142. The molecule has 8 heteroatoms. The van der Waals surface area contributed by atoms with Gasteiger partial charge in [0.15, 0.2) is 0 Å². The minimum Gasteiger partial charge on any atom is -0.467 e. The number of thiophene rings is 1. The van der Waals surface area contributed by atoms with Crippen LogP contribution in [0.2, 0.25) is 4.34 Å². The number of rotatable bonds is 3. The summed E-state index contributed by atoms with van der Waals surface area (Å²) in [4.78, 5) is 0. The van der Waals surface area contributed by atoms with Crippen LogP contribution in [0.25, 0.3) is 0 Å². The van der Waals surface area contributed by atoms with Gasteiger partial charge in [-0.15, -0.1) is 11.3 Å². The van der Waals surface area contributed by atoms with Crippen LogP contribution in [0.1, 0.15) is 17.4 Å². The monoisotopic (exact) mass is 347 g/mol. The van der Waals surface area contributed by atoms with Gasteiger partial charge in [-0.25, -0.2) is 8.42 Å². The minimum absolute atomic E-state index is 0.240. The molecule has 0 aromatic carbocycles. The van der Waals surface area contributed by atoms with Crippen molar-refractivity contribution >= 4 is 33.0 Å². The number of nitrogens with zero attached hydrogens (tertiary/aromatic N) is 1. The zero-order valence-corrected chi connectivity index (χ0v) is 13.7. The highest BCUT2D eigenvalue weighted by Crippen LogP contribution is 2.34. The average Bonchev–Trinajstić information content (AvgIpc) is 3.10. The molecule has 2 aromatic heterocycles. The van der Waals surface area contributed by atoms with Gasteiger partial charge in [0.1, 0.15) is 16.1 Å². The van der Waals surface area contributed by atoms with E-state index in [1.54, 1.807) is 31.4 Å². The standard InChI is InChI=1S/C13H14ClNO4S2/c1-9-7-12(20-13(9)14)21(16,17)15-4-6-19-11(8-15)10-3-2-5-18-10/h2-3,5,7,11H,4,6,8H2,1H3/t11-/m1/s1. The molecule has 2 aromatic rings. The van der Waals surface area contributed by atoms with Crippen LogP contribution in [0, 0.1) is 6.92 Å². The van der Waals surface area contributed by atoms with Gasteiger partial charge >= 0.3 is 0 Å². The van der Waals surface area contributed by atoms with Gasteiger partial charge in [0.05, 0.1) is 17.2 Å². The molecule has 3 rings (SSSR count). The number of aryl methyl sites for hydroxylation is 1. The minimum atomic E-state index is -3.54. The fourth-order valence-corrected chi connectivity index (χ4v) is 5.46. The summed E-state index contributed by atoms with van der Waals surface area (Å²) in [5.74, 6) is 0.635. The van der Waals surface area contributed by atoms with Crippen molar-refractivity contribution in [3.8, 4) is 0 Å². The van der Waals surface area contributed by atoms with E-state index in [1.165, 1.54) is 4.31 Å². The molecule has 0 saturated carbocycles. The largest absolute Gasteiger partial charge is 0.467 e. The van der Waals surface area contributed by atoms with Crippen LogP contribution in [0.5, 0.6) is 0 Å². The Kier molecular flexibility index (Phi) is 4.11. The lowest BCUT2D eigenvalue weighted by atomic mass is 10.2. The predicted octanol–water partition coefficient (Wildman–Crippen LogP) is 3.07. The van der Waals surface area contributed by atoms with E-state index in [1.807, 2.05) is 0 Å². The lowest BCUT2D eigenvalue weighted by Crippen LogP contribution is -2.41. The highest BCUT2D eigenvalue weighted by atomic mass is 35.5. The van der Waals surface area contributed by atoms with Crippen LogP contribution in [-0.4, -0.2) is 32.4 Å². The third-order valence-corrected chi connectivity index (χ3v) is 7.19. The third-order valence-electron chi connectivity index (χ3n) is 3.32. The van der Waals surface area contributed by atoms with Crippen molar-refractivity contribution in [1.82, 2.24) is 4.31 Å². The molecule has 1 aliphatic heterocycles. The van der Waals surface area contributed by atoms with Crippen molar-refractivity contribution in [3.05, 3.63) is 40.1 Å². The summed E-state index contributed by atoms with van der Waals surface area (Å²) in [6.45, 7) is 2.70. The predicted molar refractivity (Wildman–Crippen MR) is 80.2 cm³/mol. The molecule has 1 atom stereocenters. The fourth-order valence-electron chi connectivity index (χ4n) is 2.18. The Balaban J connectivity index is 1.85. The number of morpholine rings is 1. The zero-order valence-electron chi connectivity index (χ0n) is 11.3. The maximum absolute atomic E-state index is 12.7. The zero-order chi connectivity index (χ0) is 15.0. The topological polar surface area (TPSA) is 59.8 Å². The molecule has 114 valence electrons. The smallest absolute Gasteiger partial charge is 0.252 e. The Morgan fingerprint density at radius 1 is 1.48 bits per heavy atom. The molecular formula is C13H14ClNO4S2. The first-order valence-electron chi connectivity index (χ1n) is 6.39. The molecule has 0 unspecified atom stereocenters. The molecule has 1 fully saturated rings. The Hall–Kier alpha value is -0.860. The lowest BCUT2D eigenvalue weighted by Gasteiger charge is -2.30. The SMILES string of the molecule is Cc1cc(S(=O)(=O)N2CCO[C@@H](c3ccco3)C2)sc1Cl. The molecule has 0 aliphatic carbocycles. The van der Waals surface area contributed by atoms with Crippen LogP contribution in [-0.2, 0) is 14.8 Å². The second kappa shape index (κ2) is 5.73. The van der Waals surface area contributed by atoms with E-state index >= 15 is 0 Å². The molecule has 1 aliphatic rings. The van der Waals surface area contributed by atoms with E-state index in [9.17, 15) is 8.42 Å². The second-order valence-electron chi connectivity index (χ2n) is 4.76. The summed E-state index contributed by atoms with van der Waals surface area (Å²) in [6.07, 6.45) is 1.18. The second-order valence-corrected chi connectivity index (χ2v) is 8.58. The molecule has 1 saturated heterocycles. The van der Waals surface area contributed by atoms with E-state index < -0.39 is 10.0 Å². The van der Waals surface area contributed by atoms with E-state index in [4.69, 9.17) is 20.8 Å². The Morgan fingerprint density at radius 3 is 2.90 bits per heavy atom. The molecule has 0 spiro atoms. The number of ether oxygens (including phenoxy) is 1. The van der Waals surface area contributed by atoms with Crippen LogP contribution in [0.3, 0.4) is 0 Å². The maximum atomic E-state index is 12.7. The van der Waals surface area contributed by atoms with Crippen molar-refractivity contribution in [2.75, 3.05) is 19.7 Å². The van der Waals surface area contributed by atoms with Gasteiger partial charge in [-0.3, -0.25) is 0 Å². The number of sulfonamides is 1. The average molecular weight is 348 g/mol. The molecule has 3 heterocycles. The van der Waals surface area contributed by atoms with E-state index in [2.05, 4.69) is 0 Å². The summed E-state index contributed by atoms with van der Waals surface area (Å²) < 4.78 is 38.4. The van der Waals surface area contributed by atoms with E-state index in [0.717, 1.165) is 16.9 Å². The van der Waals surface area contributed by atoms with Gasteiger partial charge in [-0.1, -0.05) is 11.6 Å². The van der Waals surface area contributed by atoms with E-state index in [-0.39, 0.29) is 16.9 Å². The Bertz CT molecular complexity index is 704. The van der Waals surface area contributed by atoms with Gasteiger partial charge < -0.3 is 9.15 Å². The van der Waals surface area contributed by atoms with Crippen molar-refractivity contribution in [3.63, 3.8) is 0 Å². The molecule has 0 bridgehead atoms. The van der Waals surface area contributed by atoms with Crippen molar-refractivity contribution in [2.45, 2.75) is 17.2 Å². The first-order valence-corrected chi connectivity index (χ1v) is 9.03. The molecule has 0 amide bonds. The van der Waals surface area contributed by atoms with Crippen molar-refractivity contribution < 1.29 is 17.6 Å². The summed E-state index contributed by atoms with van der Waals surface area (Å²) in [5.41, 5.74) is 0.774. The molecule has 0 radical (unpaired) electrons. The Labute approximate surface area is 132 Å². The van der Waals surface area contributed by atoms with Gasteiger partial charge in [-0.05, 0) is 30.7 Å². The first-order chi connectivity index (χ1) is 9.98. The van der Waals surface area contributed by atoms with Gasteiger partial charge in [0, 0.05) is 13.1 Å². The Morgan fingerprint density at radius 2 is 2.29 bits per heavy atom. The van der Waals surface area contributed by atoms with Crippen molar-refractivity contribution in [1.29, 1.82) is 0 Å². The highest BCUT2D eigenvalue weighted by Gasteiger charge is 2.33. The molecule has 21 heavy (non-hydrogen) atoms. The number of hydrogen-bond acceptors (Lipinski definition) is 5. The van der Waals surface area contributed by atoms with Crippen LogP contribution in [0.4, 0.5) is 0 Å². The summed E-state index contributed by atoms with van der Waals surface area (Å²) in [5, 5.41) is 0. The first kappa shape index (κ1) is 15.1. The van der Waals surface area contributed by atoms with Crippen LogP contribution in [0.15, 0.2) is 33.1 Å². The van der Waals surface area contributed by atoms with Gasteiger partial charge in [0.25, 0.3) is 10.0 Å². The summed E-state index contributed by atoms with van der Waals surface area (Å²) >= 11 is 7.07. The highest BCUT2D eigenvalue weighted by molar-refractivity contribution is 7.91. The number of halogens is 1. The number of furan rings is 1. The molecular weight excluding hydrogens is 334 g/mol. The number of hydrogen-bond donors (Lipinski definition) is 0. The summed E-state index contributed by atoms with van der Waals surface area (Å²) in [6, 6.07) is 5.15. The van der Waals surface area contributed by atoms with Crippen molar-refractivity contribution in [2.24, 2.45) is 0 Å². The van der Waals surface area contributed by atoms with E-state index in [0.29, 0.717) is 23.2 Å². The van der Waals surface area contributed by atoms with Crippen LogP contribution < -0.4 is 0 Å². The molecule has 5 nitrogen and oxygen atoms in total. The normalized spacial score (nSPS) is 20.8. The maximum Gasteiger partial charge on any atom is 0.252 e. The molecule has 0 N–H and O–H groups in total. The van der Waals surface area contributed by atoms with Gasteiger partial charge in [-0.2, -0.15) is 4.31 Å².